The third kappa shape index (κ3) is 1.50. The summed E-state index contributed by atoms with van der Waals surface area (Å²) >= 11 is 0. The van der Waals surface area contributed by atoms with Crippen LogP contribution in [0.1, 0.15) is 26.3 Å². The fourth-order valence-corrected chi connectivity index (χ4v) is 7.79. The first-order chi connectivity index (χ1) is 8.89. The second-order valence-electron chi connectivity index (χ2n) is 5.89. The average molecular weight is 280 g/mol. The monoisotopic (exact) mass is 280 g/mol. The zero-order valence-electron chi connectivity index (χ0n) is 12.0. The summed E-state index contributed by atoms with van der Waals surface area (Å²) in [5.74, 6) is 0.894. The minimum atomic E-state index is -3.29. The molecule has 1 aromatic carbocycles. The van der Waals surface area contributed by atoms with E-state index < -0.39 is 7.28 Å². The van der Waals surface area contributed by atoms with Crippen molar-refractivity contribution < 1.29 is 13.6 Å². The van der Waals surface area contributed by atoms with E-state index in [1.54, 1.807) is 0 Å². The van der Waals surface area contributed by atoms with Crippen molar-refractivity contribution >= 4 is 12.6 Å². The Morgan fingerprint density at radius 3 is 2.05 bits per heavy atom. The van der Waals surface area contributed by atoms with Crippen LogP contribution in [0.15, 0.2) is 36.1 Å². The maximum atomic E-state index is 6.29. The molecule has 0 aliphatic carbocycles. The Labute approximate surface area is 114 Å². The SMILES string of the molecule is CC1=CC(C)(C)P2(c3ccc(C)cc3)(OCCO2)O1. The summed E-state index contributed by atoms with van der Waals surface area (Å²) < 4.78 is 18.8. The summed E-state index contributed by atoms with van der Waals surface area (Å²) in [6.45, 7) is 9.53. The van der Waals surface area contributed by atoms with E-state index in [4.69, 9.17) is 13.6 Å². The van der Waals surface area contributed by atoms with Gasteiger partial charge in [-0.05, 0) is 0 Å². The zero-order valence-corrected chi connectivity index (χ0v) is 12.9. The number of aryl methyl sites for hydroxylation is 1. The van der Waals surface area contributed by atoms with Gasteiger partial charge in [0.05, 0.1) is 0 Å². The van der Waals surface area contributed by atoms with E-state index in [0.29, 0.717) is 13.2 Å². The molecule has 19 heavy (non-hydrogen) atoms. The third-order valence-electron chi connectivity index (χ3n) is 4.07. The van der Waals surface area contributed by atoms with E-state index in [-0.39, 0.29) is 5.16 Å². The van der Waals surface area contributed by atoms with Crippen LogP contribution in [0.25, 0.3) is 0 Å². The van der Waals surface area contributed by atoms with Gasteiger partial charge in [0.15, 0.2) is 0 Å². The molecule has 1 spiro atoms. The number of rotatable bonds is 1. The summed E-state index contributed by atoms with van der Waals surface area (Å²) in [5.41, 5.74) is 1.22. The van der Waals surface area contributed by atoms with E-state index in [0.717, 1.165) is 11.1 Å². The molecule has 3 rings (SSSR count). The fraction of sp³-hybridized carbons (Fsp3) is 0.467. The molecule has 2 aliphatic rings. The fourth-order valence-electron chi connectivity index (χ4n) is 3.18. The van der Waals surface area contributed by atoms with Gasteiger partial charge in [-0.3, -0.25) is 0 Å². The Hall–Kier alpha value is -0.890. The number of hydrogen-bond donors (Lipinski definition) is 0. The van der Waals surface area contributed by atoms with Crippen LogP contribution in [-0.4, -0.2) is 18.4 Å². The Morgan fingerprint density at radius 1 is 1.00 bits per heavy atom. The zero-order chi connectivity index (χ0) is 13.8. The van der Waals surface area contributed by atoms with E-state index in [1.165, 1.54) is 5.56 Å². The number of hydrogen-bond acceptors (Lipinski definition) is 3. The molecule has 2 aliphatic heterocycles. The molecular formula is C15H21O3P. The summed E-state index contributed by atoms with van der Waals surface area (Å²) in [6, 6.07) is 8.36. The van der Waals surface area contributed by atoms with Crippen molar-refractivity contribution in [3.05, 3.63) is 41.7 Å². The Balaban J connectivity index is 2.23. The first-order valence-corrected chi connectivity index (χ1v) is 8.67. The van der Waals surface area contributed by atoms with Gasteiger partial charge >= 0.3 is 114 Å². The van der Waals surface area contributed by atoms with Gasteiger partial charge in [0.25, 0.3) is 0 Å². The van der Waals surface area contributed by atoms with Gasteiger partial charge in [0.2, 0.25) is 0 Å². The summed E-state index contributed by atoms with van der Waals surface area (Å²) in [4.78, 5) is 0. The Kier molecular flexibility index (Phi) is 2.63. The molecule has 104 valence electrons. The van der Waals surface area contributed by atoms with Crippen LogP contribution in [0.5, 0.6) is 0 Å². The quantitative estimate of drug-likeness (QED) is 0.734. The van der Waals surface area contributed by atoms with Crippen molar-refractivity contribution in [1.29, 1.82) is 0 Å². The molecule has 0 saturated carbocycles. The van der Waals surface area contributed by atoms with Crippen LogP contribution in [0.3, 0.4) is 0 Å². The molecule has 0 radical (unpaired) electrons. The van der Waals surface area contributed by atoms with Crippen molar-refractivity contribution in [2.24, 2.45) is 0 Å². The summed E-state index contributed by atoms with van der Waals surface area (Å²) in [6.07, 6.45) is 2.13. The van der Waals surface area contributed by atoms with Crippen molar-refractivity contribution in [3.8, 4) is 0 Å². The predicted octanol–water partition coefficient (Wildman–Crippen LogP) is 3.68. The molecular weight excluding hydrogens is 259 g/mol. The van der Waals surface area contributed by atoms with E-state index in [2.05, 4.69) is 51.1 Å². The molecule has 2 heterocycles. The predicted molar refractivity (Wildman–Crippen MR) is 78.6 cm³/mol. The molecule has 0 unspecified atom stereocenters. The van der Waals surface area contributed by atoms with Crippen LogP contribution in [0, 0.1) is 6.92 Å². The first kappa shape index (κ1) is 13.1. The Bertz CT molecular complexity index is 539. The van der Waals surface area contributed by atoms with E-state index in [9.17, 15) is 0 Å². The van der Waals surface area contributed by atoms with Crippen molar-refractivity contribution in [2.75, 3.05) is 13.2 Å². The molecule has 0 atom stereocenters. The van der Waals surface area contributed by atoms with Crippen molar-refractivity contribution in [2.45, 2.75) is 32.9 Å². The van der Waals surface area contributed by atoms with Gasteiger partial charge < -0.3 is 0 Å². The number of benzene rings is 1. The topological polar surface area (TPSA) is 27.7 Å². The van der Waals surface area contributed by atoms with Crippen molar-refractivity contribution in [3.63, 3.8) is 0 Å². The molecule has 0 N–H and O–H groups in total. The van der Waals surface area contributed by atoms with Crippen molar-refractivity contribution in [1.82, 2.24) is 0 Å². The molecule has 1 fully saturated rings. The standard InChI is InChI=1S/C15H21O3P/c1-12-5-7-14(8-6-12)19(16-9-10-17-19)15(3,4)11-13(2)18-19/h5-8,11H,9-10H2,1-4H3. The van der Waals surface area contributed by atoms with Crippen LogP contribution in [-0.2, 0) is 13.6 Å². The summed E-state index contributed by atoms with van der Waals surface area (Å²) in [5, 5.41) is 0.786. The molecule has 0 amide bonds. The normalized spacial score (nSPS) is 28.4. The number of allylic oxidation sites excluding steroid dienone is 2. The summed E-state index contributed by atoms with van der Waals surface area (Å²) in [7, 11) is -3.29. The molecule has 1 aromatic rings. The van der Waals surface area contributed by atoms with Gasteiger partial charge in [-0.25, -0.2) is 0 Å². The van der Waals surface area contributed by atoms with Crippen LogP contribution in [0.2, 0.25) is 0 Å². The van der Waals surface area contributed by atoms with Gasteiger partial charge in [0.1, 0.15) is 0 Å². The Morgan fingerprint density at radius 2 is 1.58 bits per heavy atom. The molecule has 0 bridgehead atoms. The van der Waals surface area contributed by atoms with Gasteiger partial charge in [-0.1, -0.05) is 0 Å². The molecule has 3 nitrogen and oxygen atoms in total. The van der Waals surface area contributed by atoms with Gasteiger partial charge in [-0.15, -0.1) is 0 Å². The maximum absolute atomic E-state index is 6.29. The molecule has 0 aromatic heterocycles. The molecule has 4 heteroatoms. The third-order valence-corrected chi connectivity index (χ3v) is 9.30. The van der Waals surface area contributed by atoms with E-state index >= 15 is 0 Å². The second kappa shape index (κ2) is 3.82. The van der Waals surface area contributed by atoms with Crippen LogP contribution < -0.4 is 5.30 Å². The average Bonchev–Trinajstić information content (AvgIpc) is 2.83. The van der Waals surface area contributed by atoms with Crippen LogP contribution in [0.4, 0.5) is 0 Å². The van der Waals surface area contributed by atoms with Gasteiger partial charge in [0, 0.05) is 0 Å². The van der Waals surface area contributed by atoms with Gasteiger partial charge in [-0.2, -0.15) is 0 Å². The first-order valence-electron chi connectivity index (χ1n) is 6.68. The molecule has 1 saturated heterocycles. The van der Waals surface area contributed by atoms with Crippen LogP contribution >= 0.6 is 7.28 Å². The van der Waals surface area contributed by atoms with E-state index in [1.807, 2.05) is 6.92 Å². The minimum absolute atomic E-state index is 0.262. The second-order valence-corrected chi connectivity index (χ2v) is 10.0.